The number of nitrogens with one attached hydrogen (secondary N) is 1. The summed E-state index contributed by atoms with van der Waals surface area (Å²) in [7, 11) is 1.59. The monoisotopic (exact) mass is 319 g/mol. The van der Waals surface area contributed by atoms with Gasteiger partial charge in [-0.1, -0.05) is 30.0 Å². The van der Waals surface area contributed by atoms with E-state index in [4.69, 9.17) is 9.47 Å². The van der Waals surface area contributed by atoms with Crippen molar-refractivity contribution in [2.75, 3.05) is 26.0 Å². The van der Waals surface area contributed by atoms with Gasteiger partial charge in [-0.15, -0.1) is 0 Å². The maximum atomic E-state index is 11.7. The van der Waals surface area contributed by atoms with Crippen LogP contribution in [-0.4, -0.2) is 41.9 Å². The summed E-state index contributed by atoms with van der Waals surface area (Å²) in [6.07, 6.45) is 3.13. The molecule has 0 saturated heterocycles. The predicted octanol–water partition coefficient (Wildman–Crippen LogP) is 2.12. The van der Waals surface area contributed by atoms with Crippen molar-refractivity contribution in [2.45, 2.75) is 5.03 Å². The highest BCUT2D eigenvalue weighted by Gasteiger charge is 2.10. The molecule has 116 valence electrons. The fourth-order valence-electron chi connectivity index (χ4n) is 1.56. The molecule has 0 unspecified atom stereocenters. The lowest BCUT2D eigenvalue weighted by atomic mass is 10.3. The Morgan fingerprint density at radius 3 is 2.77 bits per heavy atom. The highest BCUT2D eigenvalue weighted by molar-refractivity contribution is 8.00. The summed E-state index contributed by atoms with van der Waals surface area (Å²) in [5.41, 5.74) is 0. The number of para-hydroxylation sites is 1. The molecule has 0 bridgehead atoms. The molecule has 0 spiro atoms. The van der Waals surface area contributed by atoms with Gasteiger partial charge in [-0.3, -0.25) is 4.79 Å². The van der Waals surface area contributed by atoms with E-state index in [2.05, 4.69) is 15.3 Å². The van der Waals surface area contributed by atoms with Crippen LogP contribution in [0.25, 0.3) is 0 Å². The van der Waals surface area contributed by atoms with Gasteiger partial charge >= 0.3 is 0 Å². The van der Waals surface area contributed by atoms with Gasteiger partial charge in [0.1, 0.15) is 5.75 Å². The van der Waals surface area contributed by atoms with Crippen LogP contribution >= 0.6 is 11.8 Å². The fraction of sp³-hybridized carbons (Fsp3) is 0.267. The number of benzene rings is 1. The van der Waals surface area contributed by atoms with Crippen LogP contribution < -0.4 is 10.1 Å². The summed E-state index contributed by atoms with van der Waals surface area (Å²) >= 11 is 1.28. The molecule has 0 aliphatic rings. The Morgan fingerprint density at radius 1 is 1.23 bits per heavy atom. The normalized spacial score (nSPS) is 10.2. The van der Waals surface area contributed by atoms with Crippen LogP contribution in [0.5, 0.6) is 11.6 Å². The number of ether oxygens (including phenoxy) is 2. The zero-order chi connectivity index (χ0) is 15.6. The summed E-state index contributed by atoms with van der Waals surface area (Å²) in [5, 5.41) is 3.33. The van der Waals surface area contributed by atoms with Gasteiger partial charge in [-0.25, -0.2) is 9.97 Å². The maximum Gasteiger partial charge on any atom is 0.252 e. The molecule has 0 fully saturated rings. The topological polar surface area (TPSA) is 73.3 Å². The van der Waals surface area contributed by atoms with Crippen molar-refractivity contribution in [3.63, 3.8) is 0 Å². The van der Waals surface area contributed by atoms with Gasteiger partial charge in [0.25, 0.3) is 5.88 Å². The van der Waals surface area contributed by atoms with Crippen LogP contribution in [0.3, 0.4) is 0 Å². The SMILES string of the molecule is COCCNC(=O)CSc1nccnc1Oc1ccccc1. The molecule has 0 atom stereocenters. The highest BCUT2D eigenvalue weighted by atomic mass is 32.2. The molecule has 7 heteroatoms. The van der Waals surface area contributed by atoms with E-state index in [0.717, 1.165) is 0 Å². The zero-order valence-electron chi connectivity index (χ0n) is 12.2. The molecule has 0 saturated carbocycles. The molecule has 6 nitrogen and oxygen atoms in total. The lowest BCUT2D eigenvalue weighted by molar-refractivity contribution is -0.118. The average molecular weight is 319 g/mol. The number of hydrogen-bond donors (Lipinski definition) is 1. The Morgan fingerprint density at radius 2 is 2.00 bits per heavy atom. The molecule has 2 aromatic rings. The minimum absolute atomic E-state index is 0.0848. The molecule has 0 radical (unpaired) electrons. The van der Waals surface area contributed by atoms with Crippen LogP contribution in [-0.2, 0) is 9.53 Å². The number of nitrogens with zero attached hydrogens (tertiary/aromatic N) is 2. The summed E-state index contributed by atoms with van der Waals surface area (Å²) in [6.45, 7) is 0.980. The lowest BCUT2D eigenvalue weighted by Gasteiger charge is -2.08. The van der Waals surface area contributed by atoms with Crippen molar-refractivity contribution in [2.24, 2.45) is 0 Å². The zero-order valence-corrected chi connectivity index (χ0v) is 13.0. The first-order chi connectivity index (χ1) is 10.8. The van der Waals surface area contributed by atoms with Gasteiger partial charge in [-0.05, 0) is 12.1 Å². The van der Waals surface area contributed by atoms with E-state index >= 15 is 0 Å². The molecule has 1 aromatic carbocycles. The first kappa shape index (κ1) is 16.3. The Balaban J connectivity index is 1.92. The van der Waals surface area contributed by atoms with E-state index < -0.39 is 0 Å². The molecule has 1 amide bonds. The van der Waals surface area contributed by atoms with Crippen LogP contribution in [0.2, 0.25) is 0 Å². The summed E-state index contributed by atoms with van der Waals surface area (Å²) in [4.78, 5) is 20.1. The van der Waals surface area contributed by atoms with Gasteiger partial charge in [0.2, 0.25) is 5.91 Å². The average Bonchev–Trinajstić information content (AvgIpc) is 2.55. The maximum absolute atomic E-state index is 11.7. The van der Waals surface area contributed by atoms with Gasteiger partial charge in [-0.2, -0.15) is 0 Å². The van der Waals surface area contributed by atoms with Crippen LogP contribution in [0.15, 0.2) is 47.8 Å². The molecule has 1 N–H and O–H groups in total. The minimum atomic E-state index is -0.0848. The summed E-state index contributed by atoms with van der Waals surface area (Å²) < 4.78 is 10.6. The van der Waals surface area contributed by atoms with Crippen molar-refractivity contribution in [1.29, 1.82) is 0 Å². The fourth-order valence-corrected chi connectivity index (χ4v) is 2.28. The Labute approximate surface area is 133 Å². The molecule has 0 aliphatic heterocycles. The molecule has 0 aliphatic carbocycles. The second kappa shape index (κ2) is 9.01. The van der Waals surface area contributed by atoms with Crippen molar-refractivity contribution in [3.05, 3.63) is 42.7 Å². The Hall–Kier alpha value is -2.12. The number of methoxy groups -OCH3 is 1. The third kappa shape index (κ3) is 5.34. The highest BCUT2D eigenvalue weighted by Crippen LogP contribution is 2.28. The number of aromatic nitrogens is 2. The van der Waals surface area contributed by atoms with E-state index in [9.17, 15) is 4.79 Å². The van der Waals surface area contributed by atoms with Crippen molar-refractivity contribution >= 4 is 17.7 Å². The largest absolute Gasteiger partial charge is 0.437 e. The second-order valence-electron chi connectivity index (χ2n) is 4.21. The molecule has 2 rings (SSSR count). The molecule has 1 heterocycles. The van der Waals surface area contributed by atoms with Crippen LogP contribution in [0, 0.1) is 0 Å². The van der Waals surface area contributed by atoms with Crippen molar-refractivity contribution in [1.82, 2.24) is 15.3 Å². The summed E-state index contributed by atoms with van der Waals surface area (Å²) in [5.74, 6) is 1.23. The lowest BCUT2D eigenvalue weighted by Crippen LogP contribution is -2.28. The number of rotatable bonds is 8. The molecular formula is C15H17N3O3S. The molecular weight excluding hydrogens is 302 g/mol. The van der Waals surface area contributed by atoms with Crippen molar-refractivity contribution in [3.8, 4) is 11.6 Å². The number of carbonyl (C=O) groups is 1. The van der Waals surface area contributed by atoms with E-state index in [0.29, 0.717) is 29.8 Å². The first-order valence-corrected chi connectivity index (χ1v) is 7.70. The van der Waals surface area contributed by atoms with E-state index in [1.165, 1.54) is 11.8 Å². The minimum Gasteiger partial charge on any atom is -0.437 e. The van der Waals surface area contributed by atoms with Crippen molar-refractivity contribution < 1.29 is 14.3 Å². The third-order valence-corrected chi connectivity index (χ3v) is 3.52. The number of amides is 1. The molecule has 22 heavy (non-hydrogen) atoms. The van der Waals surface area contributed by atoms with Gasteiger partial charge in [0, 0.05) is 26.0 Å². The predicted molar refractivity (Wildman–Crippen MR) is 84.2 cm³/mol. The molecule has 1 aromatic heterocycles. The first-order valence-electron chi connectivity index (χ1n) is 6.72. The smallest absolute Gasteiger partial charge is 0.252 e. The quantitative estimate of drug-likeness (QED) is 0.593. The number of hydrogen-bond acceptors (Lipinski definition) is 6. The number of carbonyl (C=O) groups excluding carboxylic acids is 1. The van der Waals surface area contributed by atoms with Crippen LogP contribution in [0.1, 0.15) is 0 Å². The van der Waals surface area contributed by atoms with Gasteiger partial charge in [0.05, 0.1) is 12.4 Å². The Kier molecular flexibility index (Phi) is 6.66. The Bertz CT molecular complexity index is 596. The standard InChI is InChI=1S/C15H17N3O3S/c1-20-10-9-16-13(19)11-22-15-14(17-7-8-18-15)21-12-5-3-2-4-6-12/h2-8H,9-11H2,1H3,(H,16,19). The van der Waals surface area contributed by atoms with E-state index in [-0.39, 0.29) is 11.7 Å². The summed E-state index contributed by atoms with van der Waals surface area (Å²) in [6, 6.07) is 9.33. The van der Waals surface area contributed by atoms with Crippen LogP contribution in [0.4, 0.5) is 0 Å². The van der Waals surface area contributed by atoms with E-state index in [1.807, 2.05) is 30.3 Å². The van der Waals surface area contributed by atoms with E-state index in [1.54, 1.807) is 19.5 Å². The third-order valence-electron chi connectivity index (χ3n) is 2.56. The second-order valence-corrected chi connectivity index (χ2v) is 5.18. The number of thioether (sulfide) groups is 1. The van der Waals surface area contributed by atoms with Gasteiger partial charge < -0.3 is 14.8 Å². The van der Waals surface area contributed by atoms with Gasteiger partial charge in [0.15, 0.2) is 5.03 Å².